The Morgan fingerprint density at radius 1 is 1.37 bits per heavy atom. The molecular weight excluding hydrogens is 240 g/mol. The van der Waals surface area contributed by atoms with E-state index in [0.717, 1.165) is 19.3 Å². The van der Waals surface area contributed by atoms with E-state index in [4.69, 9.17) is 0 Å². The van der Waals surface area contributed by atoms with Gasteiger partial charge >= 0.3 is 0 Å². The molecule has 0 aromatic heterocycles. The van der Waals surface area contributed by atoms with Crippen LogP contribution in [0.2, 0.25) is 0 Å². The van der Waals surface area contributed by atoms with Crippen molar-refractivity contribution in [2.24, 2.45) is 5.92 Å². The zero-order valence-corrected chi connectivity index (χ0v) is 13.0. The molecule has 2 amide bonds. The fourth-order valence-electron chi connectivity index (χ4n) is 2.77. The first kappa shape index (κ1) is 16.0. The second kappa shape index (κ2) is 6.40. The molecule has 0 bridgehead atoms. The lowest BCUT2D eigenvalue weighted by atomic mass is 9.92. The van der Waals surface area contributed by atoms with Crippen LogP contribution >= 0.6 is 0 Å². The smallest absolute Gasteiger partial charge is 0.245 e. The maximum Gasteiger partial charge on any atom is 0.245 e. The van der Waals surface area contributed by atoms with Crippen LogP contribution in [0.4, 0.5) is 0 Å². The average Bonchev–Trinajstić information content (AvgIpc) is 2.48. The van der Waals surface area contributed by atoms with Crippen molar-refractivity contribution < 1.29 is 9.59 Å². The normalized spacial score (nSPS) is 23.0. The summed E-state index contributed by atoms with van der Waals surface area (Å²) in [6.45, 7) is 10.9. The number of carbonyl (C=O) groups is 2. The van der Waals surface area contributed by atoms with Gasteiger partial charge in [0.25, 0.3) is 0 Å². The van der Waals surface area contributed by atoms with E-state index in [2.05, 4.69) is 33.0 Å². The summed E-state index contributed by atoms with van der Waals surface area (Å²) in [7, 11) is 0. The third-order valence-electron chi connectivity index (χ3n) is 4.22. The summed E-state index contributed by atoms with van der Waals surface area (Å²) in [5, 5.41) is 2.89. The van der Waals surface area contributed by atoms with Gasteiger partial charge in [0.15, 0.2) is 0 Å². The van der Waals surface area contributed by atoms with Crippen molar-refractivity contribution in [1.82, 2.24) is 10.2 Å². The minimum Gasteiger partial charge on any atom is -0.344 e. The Morgan fingerprint density at radius 3 is 2.53 bits per heavy atom. The highest BCUT2D eigenvalue weighted by Gasteiger charge is 2.38. The maximum atomic E-state index is 12.7. The number of rotatable bonds is 5. The molecule has 4 heteroatoms. The van der Waals surface area contributed by atoms with Crippen LogP contribution in [0.15, 0.2) is 0 Å². The molecule has 1 aliphatic rings. The van der Waals surface area contributed by atoms with Crippen LogP contribution in [0.1, 0.15) is 60.3 Å². The molecule has 1 aliphatic heterocycles. The van der Waals surface area contributed by atoms with Crippen LogP contribution in [0.5, 0.6) is 0 Å². The van der Waals surface area contributed by atoms with Crippen molar-refractivity contribution >= 4 is 11.8 Å². The molecule has 1 rings (SSSR count). The van der Waals surface area contributed by atoms with E-state index < -0.39 is 0 Å². The van der Waals surface area contributed by atoms with E-state index in [0.29, 0.717) is 13.0 Å². The third-order valence-corrected chi connectivity index (χ3v) is 4.22. The molecule has 0 aromatic carbocycles. The second-order valence-electron chi connectivity index (χ2n) is 6.23. The van der Waals surface area contributed by atoms with Crippen molar-refractivity contribution in [3.8, 4) is 0 Å². The molecular formula is C15H28N2O2. The predicted octanol–water partition coefficient (Wildman–Crippen LogP) is 2.33. The quantitative estimate of drug-likeness (QED) is 0.832. The Bertz CT molecular complexity index is 339. The molecule has 0 aromatic rings. The summed E-state index contributed by atoms with van der Waals surface area (Å²) in [4.78, 5) is 26.4. The number of amides is 2. The monoisotopic (exact) mass is 268 g/mol. The molecule has 4 nitrogen and oxygen atoms in total. The molecule has 0 spiro atoms. The average molecular weight is 268 g/mol. The number of nitrogens with zero attached hydrogens (tertiary/aromatic N) is 1. The van der Waals surface area contributed by atoms with E-state index in [1.54, 1.807) is 0 Å². The summed E-state index contributed by atoms with van der Waals surface area (Å²) in [5.74, 6) is 0.251. The van der Waals surface area contributed by atoms with E-state index in [9.17, 15) is 9.59 Å². The summed E-state index contributed by atoms with van der Waals surface area (Å²) in [5.41, 5.74) is -0.177. The van der Waals surface area contributed by atoms with Gasteiger partial charge in [-0.15, -0.1) is 0 Å². The molecule has 1 N–H and O–H groups in total. The van der Waals surface area contributed by atoms with Gasteiger partial charge in [-0.3, -0.25) is 9.59 Å². The molecule has 1 heterocycles. The molecule has 2 atom stereocenters. The van der Waals surface area contributed by atoms with Gasteiger partial charge < -0.3 is 10.2 Å². The lowest BCUT2D eigenvalue weighted by Gasteiger charge is -2.40. The standard InChI is InChI=1S/C15H28N2O2/c1-6-9-15(4,5)17-10-8-12(18)16-13(14(17)19)11(3)7-2/h11,13H,6-10H2,1-5H3,(H,16,18). The van der Waals surface area contributed by atoms with Crippen molar-refractivity contribution in [3.63, 3.8) is 0 Å². The third kappa shape index (κ3) is 3.71. The number of carbonyl (C=O) groups excluding carboxylic acids is 2. The van der Waals surface area contributed by atoms with E-state index in [1.807, 2.05) is 11.8 Å². The molecule has 1 saturated heterocycles. The highest BCUT2D eigenvalue weighted by Crippen LogP contribution is 2.25. The molecule has 19 heavy (non-hydrogen) atoms. The minimum absolute atomic E-state index is 0.00607. The van der Waals surface area contributed by atoms with Crippen LogP contribution in [0.25, 0.3) is 0 Å². The van der Waals surface area contributed by atoms with Crippen LogP contribution in [0.3, 0.4) is 0 Å². The van der Waals surface area contributed by atoms with Gasteiger partial charge in [0.1, 0.15) is 6.04 Å². The van der Waals surface area contributed by atoms with Crippen molar-refractivity contribution in [3.05, 3.63) is 0 Å². The van der Waals surface area contributed by atoms with Gasteiger partial charge in [0.2, 0.25) is 11.8 Å². The fraction of sp³-hybridized carbons (Fsp3) is 0.867. The van der Waals surface area contributed by atoms with Gasteiger partial charge in [0.05, 0.1) is 0 Å². The SMILES string of the molecule is CCCC(C)(C)N1CCC(=O)NC(C(C)CC)C1=O. The van der Waals surface area contributed by atoms with Crippen LogP contribution in [-0.2, 0) is 9.59 Å². The van der Waals surface area contributed by atoms with E-state index in [-0.39, 0.29) is 29.3 Å². The minimum atomic E-state index is -0.365. The molecule has 110 valence electrons. The van der Waals surface area contributed by atoms with Crippen molar-refractivity contribution in [1.29, 1.82) is 0 Å². The summed E-state index contributed by atoms with van der Waals surface area (Å²) >= 11 is 0. The number of nitrogens with one attached hydrogen (secondary N) is 1. The topological polar surface area (TPSA) is 49.4 Å². The first-order valence-corrected chi connectivity index (χ1v) is 7.44. The lowest BCUT2D eigenvalue weighted by Crippen LogP contribution is -2.54. The number of hydrogen-bond donors (Lipinski definition) is 1. The van der Waals surface area contributed by atoms with Crippen molar-refractivity contribution in [2.45, 2.75) is 71.9 Å². The molecule has 0 aliphatic carbocycles. The van der Waals surface area contributed by atoms with Gasteiger partial charge in [-0.1, -0.05) is 33.6 Å². The first-order chi connectivity index (χ1) is 8.83. The van der Waals surface area contributed by atoms with E-state index in [1.165, 1.54) is 0 Å². The fourth-order valence-corrected chi connectivity index (χ4v) is 2.77. The highest BCUT2D eigenvalue weighted by molar-refractivity contribution is 5.90. The highest BCUT2D eigenvalue weighted by atomic mass is 16.2. The summed E-state index contributed by atoms with van der Waals surface area (Å²) < 4.78 is 0. The second-order valence-corrected chi connectivity index (χ2v) is 6.23. The Labute approximate surface area is 116 Å². The largest absolute Gasteiger partial charge is 0.344 e. The molecule has 0 radical (unpaired) electrons. The van der Waals surface area contributed by atoms with Crippen LogP contribution in [-0.4, -0.2) is 34.8 Å². The zero-order chi connectivity index (χ0) is 14.6. The maximum absolute atomic E-state index is 12.7. The lowest BCUT2D eigenvalue weighted by molar-refractivity contribution is -0.139. The van der Waals surface area contributed by atoms with E-state index >= 15 is 0 Å². The predicted molar refractivity (Wildman–Crippen MR) is 76.7 cm³/mol. The van der Waals surface area contributed by atoms with Gasteiger partial charge in [0, 0.05) is 18.5 Å². The molecule has 0 saturated carbocycles. The Balaban J connectivity index is 2.98. The Morgan fingerprint density at radius 2 is 2.00 bits per heavy atom. The van der Waals surface area contributed by atoms with Gasteiger partial charge in [-0.05, 0) is 26.2 Å². The summed E-state index contributed by atoms with van der Waals surface area (Å²) in [6.07, 6.45) is 3.29. The Hall–Kier alpha value is -1.06. The zero-order valence-electron chi connectivity index (χ0n) is 13.0. The van der Waals surface area contributed by atoms with Gasteiger partial charge in [-0.25, -0.2) is 0 Å². The Kier molecular flexibility index (Phi) is 5.39. The molecule has 2 unspecified atom stereocenters. The van der Waals surface area contributed by atoms with Crippen LogP contribution in [0, 0.1) is 5.92 Å². The van der Waals surface area contributed by atoms with Crippen LogP contribution < -0.4 is 5.32 Å². The van der Waals surface area contributed by atoms with Gasteiger partial charge in [-0.2, -0.15) is 0 Å². The van der Waals surface area contributed by atoms with Crippen molar-refractivity contribution in [2.75, 3.05) is 6.54 Å². The first-order valence-electron chi connectivity index (χ1n) is 7.44. The number of hydrogen-bond acceptors (Lipinski definition) is 2. The molecule has 1 fully saturated rings. The summed E-state index contributed by atoms with van der Waals surface area (Å²) in [6, 6.07) is -0.365.